The topological polar surface area (TPSA) is 77.4 Å². The van der Waals surface area contributed by atoms with Crippen LogP contribution in [0.1, 0.15) is 0 Å². The molecular formula is C10H21NO4S. The lowest BCUT2D eigenvalue weighted by molar-refractivity contribution is -0.878. The molecule has 0 rings (SSSR count). The first kappa shape index (κ1) is 17.7. The van der Waals surface area contributed by atoms with E-state index in [2.05, 4.69) is 27.3 Å². The molecule has 0 unspecified atom stereocenters. The Kier molecular flexibility index (Phi) is 9.36. The second-order valence-electron chi connectivity index (χ2n) is 3.86. The summed E-state index contributed by atoms with van der Waals surface area (Å²) in [6, 6.07) is 0. The van der Waals surface area contributed by atoms with Crippen LogP contribution in [-0.4, -0.2) is 62.1 Å². The van der Waals surface area contributed by atoms with Crippen molar-refractivity contribution in [1.82, 2.24) is 0 Å². The van der Waals surface area contributed by atoms with E-state index in [4.69, 9.17) is 5.11 Å². The first-order chi connectivity index (χ1) is 7.18. The molecule has 96 valence electrons. The predicted molar refractivity (Wildman–Crippen MR) is 63.9 cm³/mol. The average Bonchev–Trinajstić information content (AvgIpc) is 2.01. The number of quaternary nitrogens is 1. The molecule has 0 aliphatic rings. The molecule has 5 nitrogen and oxygen atoms in total. The largest absolute Gasteiger partial charge is 0.748 e. The van der Waals surface area contributed by atoms with Crippen LogP contribution in [0.15, 0.2) is 25.3 Å². The Morgan fingerprint density at radius 2 is 1.62 bits per heavy atom. The zero-order valence-corrected chi connectivity index (χ0v) is 10.7. The first-order valence-electron chi connectivity index (χ1n) is 4.76. The van der Waals surface area contributed by atoms with Crippen molar-refractivity contribution in [2.24, 2.45) is 0 Å². The normalized spacial score (nSPS) is 11.2. The summed E-state index contributed by atoms with van der Waals surface area (Å²) in [7, 11) is 0.138. The zero-order chi connectivity index (χ0) is 13.2. The average molecular weight is 251 g/mol. The monoisotopic (exact) mass is 251 g/mol. The molecule has 6 heteroatoms. The van der Waals surface area contributed by atoms with Crippen LogP contribution in [0.25, 0.3) is 0 Å². The SMILES string of the molecule is C=CC[N+](C)(C)CC=C.O=S(=O)([O-])CCO. The number of likely N-dealkylation sites (N-methyl/N-ethyl adjacent to an activating group) is 1. The van der Waals surface area contributed by atoms with Gasteiger partial charge in [0, 0.05) is 0 Å². The van der Waals surface area contributed by atoms with Crippen LogP contribution in [0.2, 0.25) is 0 Å². The van der Waals surface area contributed by atoms with Crippen LogP contribution in [0.4, 0.5) is 0 Å². The fraction of sp³-hybridized carbons (Fsp3) is 0.600. The molecule has 0 saturated heterocycles. The molecule has 0 aromatic carbocycles. The Morgan fingerprint density at radius 1 is 1.25 bits per heavy atom. The van der Waals surface area contributed by atoms with Crippen molar-refractivity contribution in [2.75, 3.05) is 39.5 Å². The highest BCUT2D eigenvalue weighted by atomic mass is 32.2. The van der Waals surface area contributed by atoms with Gasteiger partial charge < -0.3 is 14.1 Å². The second kappa shape index (κ2) is 8.46. The molecule has 0 amide bonds. The van der Waals surface area contributed by atoms with E-state index in [1.54, 1.807) is 0 Å². The van der Waals surface area contributed by atoms with Gasteiger partial charge in [0.1, 0.15) is 0 Å². The van der Waals surface area contributed by atoms with E-state index >= 15 is 0 Å². The van der Waals surface area contributed by atoms with E-state index < -0.39 is 22.5 Å². The molecule has 0 atom stereocenters. The van der Waals surface area contributed by atoms with E-state index in [1.807, 2.05) is 12.2 Å². The van der Waals surface area contributed by atoms with E-state index in [1.165, 1.54) is 0 Å². The van der Waals surface area contributed by atoms with Crippen molar-refractivity contribution < 1.29 is 22.6 Å². The highest BCUT2D eigenvalue weighted by Crippen LogP contribution is 1.95. The quantitative estimate of drug-likeness (QED) is 0.408. The summed E-state index contributed by atoms with van der Waals surface area (Å²) in [6.07, 6.45) is 3.87. The third kappa shape index (κ3) is 15.8. The molecule has 0 aliphatic heterocycles. The maximum Gasteiger partial charge on any atom is 0.0969 e. The maximum absolute atomic E-state index is 9.52. The van der Waals surface area contributed by atoms with E-state index in [9.17, 15) is 13.0 Å². The van der Waals surface area contributed by atoms with Crippen LogP contribution in [0.5, 0.6) is 0 Å². The number of hydrogen-bond donors (Lipinski definition) is 1. The summed E-state index contributed by atoms with van der Waals surface area (Å²) in [5, 5.41) is 7.82. The van der Waals surface area contributed by atoms with Gasteiger partial charge in [-0.05, 0) is 12.2 Å². The molecule has 0 heterocycles. The standard InChI is InChI=1S/C8H16N.C2H6O4S/c1-5-7-9(3,4)8-6-2;3-1-2-7(4,5)6/h5-6H,1-2,7-8H2,3-4H3;3H,1-2H2,(H,4,5,6)/q+1;/p-1. The molecule has 0 aromatic rings. The Bertz CT molecular complexity index is 284. The number of aliphatic hydroxyl groups excluding tert-OH is 1. The third-order valence-electron chi connectivity index (χ3n) is 1.59. The maximum atomic E-state index is 9.52. The number of hydrogen-bond acceptors (Lipinski definition) is 4. The van der Waals surface area contributed by atoms with Crippen molar-refractivity contribution >= 4 is 10.1 Å². The van der Waals surface area contributed by atoms with Crippen molar-refractivity contribution in [3.63, 3.8) is 0 Å². The van der Waals surface area contributed by atoms with Gasteiger partial charge in [-0.3, -0.25) is 0 Å². The summed E-state index contributed by atoms with van der Waals surface area (Å²) < 4.78 is 29.5. The Labute approximate surface area is 98.0 Å². The predicted octanol–water partition coefficient (Wildman–Crippen LogP) is -0.0413. The van der Waals surface area contributed by atoms with E-state index in [0.717, 1.165) is 17.6 Å². The Balaban J connectivity index is 0. The van der Waals surface area contributed by atoms with Crippen LogP contribution < -0.4 is 0 Å². The fourth-order valence-electron chi connectivity index (χ4n) is 0.885. The van der Waals surface area contributed by atoms with Gasteiger partial charge in [0.2, 0.25) is 0 Å². The van der Waals surface area contributed by atoms with Gasteiger partial charge >= 0.3 is 0 Å². The van der Waals surface area contributed by atoms with Crippen molar-refractivity contribution in [3.8, 4) is 0 Å². The van der Waals surface area contributed by atoms with Gasteiger partial charge in [-0.1, -0.05) is 13.2 Å². The van der Waals surface area contributed by atoms with Gasteiger partial charge in [-0.25, -0.2) is 8.42 Å². The van der Waals surface area contributed by atoms with Gasteiger partial charge in [0.25, 0.3) is 0 Å². The van der Waals surface area contributed by atoms with Crippen molar-refractivity contribution in [3.05, 3.63) is 25.3 Å². The summed E-state index contributed by atoms with van der Waals surface area (Å²) in [5.74, 6) is -0.688. The van der Waals surface area contributed by atoms with Crippen molar-refractivity contribution in [1.29, 1.82) is 0 Å². The molecular weight excluding hydrogens is 230 g/mol. The lowest BCUT2D eigenvalue weighted by Gasteiger charge is -2.26. The van der Waals surface area contributed by atoms with Crippen LogP contribution in [-0.2, 0) is 10.1 Å². The molecule has 1 N–H and O–H groups in total. The lowest BCUT2D eigenvalue weighted by atomic mass is 10.4. The molecule has 16 heavy (non-hydrogen) atoms. The van der Waals surface area contributed by atoms with Gasteiger partial charge in [-0.15, -0.1) is 0 Å². The molecule has 0 radical (unpaired) electrons. The highest BCUT2D eigenvalue weighted by Gasteiger charge is 2.07. The summed E-state index contributed by atoms with van der Waals surface area (Å²) in [4.78, 5) is 0. The minimum atomic E-state index is -4.17. The smallest absolute Gasteiger partial charge is 0.0969 e. The minimum absolute atomic E-state index is 0.591. The zero-order valence-electron chi connectivity index (χ0n) is 9.92. The molecule has 0 saturated carbocycles. The Hall–Kier alpha value is -0.690. The molecule has 0 aromatic heterocycles. The molecule has 0 aliphatic carbocycles. The summed E-state index contributed by atoms with van der Waals surface area (Å²) in [5.41, 5.74) is 0. The molecule has 0 bridgehead atoms. The minimum Gasteiger partial charge on any atom is -0.748 e. The summed E-state index contributed by atoms with van der Waals surface area (Å²) >= 11 is 0. The van der Waals surface area contributed by atoms with Crippen molar-refractivity contribution in [2.45, 2.75) is 0 Å². The second-order valence-corrected chi connectivity index (χ2v) is 5.39. The lowest BCUT2D eigenvalue weighted by Crippen LogP contribution is -2.39. The van der Waals surface area contributed by atoms with Gasteiger partial charge in [-0.2, -0.15) is 0 Å². The number of nitrogens with zero attached hydrogens (tertiary/aromatic N) is 1. The first-order valence-corrected chi connectivity index (χ1v) is 6.34. The third-order valence-corrected chi connectivity index (χ3v) is 2.27. The number of rotatable bonds is 6. The van der Waals surface area contributed by atoms with Crippen LogP contribution in [0.3, 0.4) is 0 Å². The molecule has 0 fully saturated rings. The summed E-state index contributed by atoms with van der Waals surface area (Å²) in [6.45, 7) is 8.78. The number of aliphatic hydroxyl groups is 1. The van der Waals surface area contributed by atoms with E-state index in [-0.39, 0.29) is 0 Å². The molecule has 0 spiro atoms. The van der Waals surface area contributed by atoms with Crippen LogP contribution >= 0.6 is 0 Å². The van der Waals surface area contributed by atoms with E-state index in [0.29, 0.717) is 0 Å². The Morgan fingerprint density at radius 3 is 1.75 bits per heavy atom. The van der Waals surface area contributed by atoms with Gasteiger partial charge in [0.15, 0.2) is 0 Å². The highest BCUT2D eigenvalue weighted by molar-refractivity contribution is 7.85. The van der Waals surface area contributed by atoms with Crippen LogP contribution in [0, 0.1) is 0 Å². The fourth-order valence-corrected chi connectivity index (χ4v) is 1.11. The van der Waals surface area contributed by atoms with Gasteiger partial charge in [0.05, 0.1) is 49.7 Å².